The molecule has 0 saturated heterocycles. The molecular formula is C8H9F3N2O. The number of halogens is 3. The third kappa shape index (κ3) is 1.50. The van der Waals surface area contributed by atoms with Crippen LogP contribution in [0, 0.1) is 0 Å². The molecule has 0 fully saturated rings. The molecule has 1 aromatic rings. The highest BCUT2D eigenvalue weighted by molar-refractivity contribution is 5.27. The zero-order valence-electron chi connectivity index (χ0n) is 7.56. The molecular weight excluding hydrogens is 197 g/mol. The summed E-state index contributed by atoms with van der Waals surface area (Å²) in [4.78, 5) is 1.81. The van der Waals surface area contributed by atoms with Gasteiger partial charge in [0, 0.05) is 25.1 Å². The summed E-state index contributed by atoms with van der Waals surface area (Å²) in [6, 6.07) is 0. The van der Waals surface area contributed by atoms with Gasteiger partial charge in [-0.25, -0.2) is 0 Å². The van der Waals surface area contributed by atoms with E-state index in [0.717, 1.165) is 6.54 Å². The van der Waals surface area contributed by atoms with Crippen molar-refractivity contribution in [3.63, 3.8) is 0 Å². The van der Waals surface area contributed by atoms with Gasteiger partial charge in [-0.2, -0.15) is 13.2 Å². The smallest absolute Gasteiger partial charge is 0.351 e. The molecule has 0 unspecified atom stereocenters. The van der Waals surface area contributed by atoms with Crippen LogP contribution in [0.1, 0.15) is 17.0 Å². The summed E-state index contributed by atoms with van der Waals surface area (Å²) in [6.07, 6.45) is -3.91. The standard InChI is InChI=1S/C8H9F3N2O/c1-13-3-2-6-5(4-13)7(14-12-6)8(9,10)11/h2-4H2,1H3. The van der Waals surface area contributed by atoms with Crippen LogP contribution in [0.2, 0.25) is 0 Å². The van der Waals surface area contributed by atoms with E-state index in [0.29, 0.717) is 12.1 Å². The second-order valence-electron chi connectivity index (χ2n) is 3.42. The van der Waals surface area contributed by atoms with Gasteiger partial charge in [0.1, 0.15) is 0 Å². The number of nitrogens with zero attached hydrogens (tertiary/aromatic N) is 2. The monoisotopic (exact) mass is 206 g/mol. The number of rotatable bonds is 0. The van der Waals surface area contributed by atoms with Crippen molar-refractivity contribution >= 4 is 0 Å². The number of alkyl halides is 3. The van der Waals surface area contributed by atoms with Gasteiger partial charge in [-0.3, -0.25) is 0 Å². The summed E-state index contributed by atoms with van der Waals surface area (Å²) in [7, 11) is 1.77. The minimum absolute atomic E-state index is 0.186. The molecule has 0 spiro atoms. The van der Waals surface area contributed by atoms with E-state index < -0.39 is 11.9 Å². The minimum Gasteiger partial charge on any atom is -0.351 e. The normalized spacial score (nSPS) is 18.3. The van der Waals surface area contributed by atoms with Crippen LogP contribution in [0.4, 0.5) is 13.2 Å². The maximum absolute atomic E-state index is 12.4. The first-order valence-corrected chi connectivity index (χ1v) is 4.21. The summed E-state index contributed by atoms with van der Waals surface area (Å²) in [5.41, 5.74) is 0.627. The molecule has 0 N–H and O–H groups in total. The van der Waals surface area contributed by atoms with Crippen molar-refractivity contribution in [1.82, 2.24) is 10.1 Å². The van der Waals surface area contributed by atoms with E-state index in [2.05, 4.69) is 9.68 Å². The average molecular weight is 206 g/mol. The molecule has 0 radical (unpaired) electrons. The Morgan fingerprint density at radius 3 is 2.79 bits per heavy atom. The summed E-state index contributed by atoms with van der Waals surface area (Å²) in [5.74, 6) is -0.945. The zero-order valence-corrected chi connectivity index (χ0v) is 7.56. The van der Waals surface area contributed by atoms with Crippen molar-refractivity contribution in [3.8, 4) is 0 Å². The van der Waals surface area contributed by atoms with E-state index >= 15 is 0 Å². The molecule has 1 aliphatic rings. The number of likely N-dealkylation sites (N-methyl/N-ethyl adjacent to an activating group) is 1. The molecule has 14 heavy (non-hydrogen) atoms. The molecule has 0 amide bonds. The van der Waals surface area contributed by atoms with Gasteiger partial charge in [-0.15, -0.1) is 0 Å². The fourth-order valence-electron chi connectivity index (χ4n) is 1.57. The Balaban J connectivity index is 2.41. The minimum atomic E-state index is -4.43. The van der Waals surface area contributed by atoms with E-state index in [1.165, 1.54) is 0 Å². The van der Waals surface area contributed by atoms with Crippen LogP contribution < -0.4 is 0 Å². The van der Waals surface area contributed by atoms with Crippen molar-refractivity contribution in [2.75, 3.05) is 13.6 Å². The topological polar surface area (TPSA) is 29.3 Å². The molecule has 1 aromatic heterocycles. The second-order valence-corrected chi connectivity index (χ2v) is 3.42. The molecule has 0 aromatic carbocycles. The number of aromatic nitrogens is 1. The predicted molar refractivity (Wildman–Crippen MR) is 41.5 cm³/mol. The van der Waals surface area contributed by atoms with E-state index in [1.807, 2.05) is 4.90 Å². The van der Waals surface area contributed by atoms with Crippen molar-refractivity contribution in [1.29, 1.82) is 0 Å². The number of hydrogen-bond acceptors (Lipinski definition) is 3. The van der Waals surface area contributed by atoms with Crippen LogP contribution in [-0.2, 0) is 19.1 Å². The van der Waals surface area contributed by atoms with Crippen molar-refractivity contribution in [3.05, 3.63) is 17.0 Å². The molecule has 2 heterocycles. The van der Waals surface area contributed by atoms with Crippen LogP contribution >= 0.6 is 0 Å². The highest BCUT2D eigenvalue weighted by atomic mass is 19.4. The Hall–Kier alpha value is -1.04. The van der Waals surface area contributed by atoms with Gasteiger partial charge in [-0.05, 0) is 7.05 Å². The average Bonchev–Trinajstić information content (AvgIpc) is 2.45. The van der Waals surface area contributed by atoms with E-state index in [1.54, 1.807) is 7.05 Å². The number of fused-ring (bicyclic) bond motifs is 1. The summed E-state index contributed by atoms with van der Waals surface area (Å²) in [5, 5.41) is 3.44. The van der Waals surface area contributed by atoms with Crippen LogP contribution in [-0.4, -0.2) is 23.6 Å². The van der Waals surface area contributed by atoms with Gasteiger partial charge in [0.2, 0.25) is 5.76 Å². The summed E-state index contributed by atoms with van der Waals surface area (Å²) >= 11 is 0. The van der Waals surface area contributed by atoms with E-state index in [4.69, 9.17) is 0 Å². The maximum atomic E-state index is 12.4. The predicted octanol–water partition coefficient (Wildman–Crippen LogP) is 1.68. The first kappa shape index (κ1) is 9.51. The zero-order chi connectivity index (χ0) is 10.3. The Morgan fingerprint density at radius 2 is 2.14 bits per heavy atom. The third-order valence-corrected chi connectivity index (χ3v) is 2.29. The third-order valence-electron chi connectivity index (χ3n) is 2.29. The molecule has 0 aliphatic carbocycles. The highest BCUT2D eigenvalue weighted by Crippen LogP contribution is 2.35. The Morgan fingerprint density at radius 1 is 1.43 bits per heavy atom. The first-order valence-electron chi connectivity index (χ1n) is 4.21. The van der Waals surface area contributed by atoms with Crippen molar-refractivity contribution in [2.24, 2.45) is 0 Å². The second kappa shape index (κ2) is 2.98. The summed E-state index contributed by atoms with van der Waals surface area (Å²) < 4.78 is 41.5. The van der Waals surface area contributed by atoms with Crippen LogP contribution in [0.5, 0.6) is 0 Å². The van der Waals surface area contributed by atoms with Crippen molar-refractivity contribution < 1.29 is 17.7 Å². The number of hydrogen-bond donors (Lipinski definition) is 0. The van der Waals surface area contributed by atoms with E-state index in [9.17, 15) is 13.2 Å². The Bertz CT molecular complexity index is 345. The molecule has 0 bridgehead atoms. The molecule has 2 rings (SSSR count). The van der Waals surface area contributed by atoms with Gasteiger partial charge in [0.25, 0.3) is 0 Å². The highest BCUT2D eigenvalue weighted by Gasteiger charge is 2.41. The first-order chi connectivity index (χ1) is 6.48. The van der Waals surface area contributed by atoms with Gasteiger partial charge in [0.15, 0.2) is 0 Å². The molecule has 0 saturated carbocycles. The fourth-order valence-corrected chi connectivity index (χ4v) is 1.57. The lowest BCUT2D eigenvalue weighted by atomic mass is 10.1. The lowest BCUT2D eigenvalue weighted by molar-refractivity contribution is -0.156. The van der Waals surface area contributed by atoms with E-state index in [-0.39, 0.29) is 12.1 Å². The quantitative estimate of drug-likeness (QED) is 0.646. The lowest BCUT2D eigenvalue weighted by Gasteiger charge is -2.21. The van der Waals surface area contributed by atoms with Crippen LogP contribution in [0.25, 0.3) is 0 Å². The Kier molecular flexibility index (Phi) is 2.02. The molecule has 6 heteroatoms. The van der Waals surface area contributed by atoms with Gasteiger partial charge in [-0.1, -0.05) is 5.16 Å². The Labute approximate surface area is 78.5 Å². The SMILES string of the molecule is CN1CCc2noc(C(F)(F)F)c2C1. The van der Waals surface area contributed by atoms with Crippen molar-refractivity contribution in [2.45, 2.75) is 19.1 Å². The molecule has 3 nitrogen and oxygen atoms in total. The fraction of sp³-hybridized carbons (Fsp3) is 0.625. The van der Waals surface area contributed by atoms with Gasteiger partial charge < -0.3 is 9.42 Å². The van der Waals surface area contributed by atoms with Crippen LogP contribution in [0.15, 0.2) is 4.52 Å². The maximum Gasteiger partial charge on any atom is 0.452 e. The lowest BCUT2D eigenvalue weighted by Crippen LogP contribution is -2.27. The van der Waals surface area contributed by atoms with Gasteiger partial charge >= 0.3 is 6.18 Å². The summed E-state index contributed by atoms with van der Waals surface area (Å²) in [6.45, 7) is 0.977. The molecule has 0 atom stereocenters. The largest absolute Gasteiger partial charge is 0.452 e. The molecule has 78 valence electrons. The van der Waals surface area contributed by atoms with Crippen LogP contribution in [0.3, 0.4) is 0 Å². The molecule has 1 aliphatic heterocycles. The van der Waals surface area contributed by atoms with Gasteiger partial charge in [0.05, 0.1) is 5.69 Å².